The molecular formula is C18H35O2. The van der Waals surface area contributed by atoms with Crippen molar-refractivity contribution in [1.82, 2.24) is 0 Å². The first-order chi connectivity index (χ1) is 9.81. The van der Waals surface area contributed by atoms with E-state index in [0.29, 0.717) is 13.0 Å². The van der Waals surface area contributed by atoms with Crippen LogP contribution >= 0.6 is 0 Å². The van der Waals surface area contributed by atoms with Crippen LogP contribution in [0.3, 0.4) is 0 Å². The molecule has 0 N–H and O–H groups in total. The summed E-state index contributed by atoms with van der Waals surface area (Å²) in [5.74, 6) is -0.00227. The van der Waals surface area contributed by atoms with Gasteiger partial charge in [-0.1, -0.05) is 84.5 Å². The molecule has 1 radical (unpaired) electrons. The molecule has 2 heteroatoms. The van der Waals surface area contributed by atoms with Gasteiger partial charge in [0.25, 0.3) is 0 Å². The molecule has 0 saturated carbocycles. The summed E-state index contributed by atoms with van der Waals surface area (Å²) in [7, 11) is 0. The van der Waals surface area contributed by atoms with Gasteiger partial charge in [-0.25, -0.2) is 0 Å². The Morgan fingerprint density at radius 2 is 1.35 bits per heavy atom. The number of carbonyl (C=O) groups is 1. The SMILES string of the molecule is [CH2]CCCCCCCCOC(=O)CCCCCCCC. The number of carbonyl (C=O) groups excluding carboxylic acids is 1. The summed E-state index contributed by atoms with van der Waals surface area (Å²) in [5.41, 5.74) is 0. The quantitative estimate of drug-likeness (QED) is 0.278. The van der Waals surface area contributed by atoms with Gasteiger partial charge < -0.3 is 4.74 Å². The van der Waals surface area contributed by atoms with Crippen LogP contribution in [0.5, 0.6) is 0 Å². The Morgan fingerprint density at radius 1 is 0.800 bits per heavy atom. The highest BCUT2D eigenvalue weighted by atomic mass is 16.5. The first-order valence-electron chi connectivity index (χ1n) is 8.76. The average Bonchev–Trinajstić information content (AvgIpc) is 2.45. The monoisotopic (exact) mass is 283 g/mol. The Kier molecular flexibility index (Phi) is 16.1. The third-order valence-corrected chi connectivity index (χ3v) is 3.64. The summed E-state index contributed by atoms with van der Waals surface area (Å²) in [4.78, 5) is 11.5. The smallest absolute Gasteiger partial charge is 0.305 e. The van der Waals surface area contributed by atoms with Crippen LogP contribution in [-0.2, 0) is 9.53 Å². The topological polar surface area (TPSA) is 26.3 Å². The molecule has 0 aliphatic heterocycles. The molecule has 0 spiro atoms. The third-order valence-electron chi connectivity index (χ3n) is 3.64. The Bertz CT molecular complexity index is 202. The van der Waals surface area contributed by atoms with Gasteiger partial charge in [-0.2, -0.15) is 0 Å². The van der Waals surface area contributed by atoms with Crippen LogP contribution in [0.25, 0.3) is 0 Å². The number of esters is 1. The largest absolute Gasteiger partial charge is 0.466 e. The van der Waals surface area contributed by atoms with E-state index in [0.717, 1.165) is 19.3 Å². The molecule has 0 bridgehead atoms. The average molecular weight is 283 g/mol. The highest BCUT2D eigenvalue weighted by molar-refractivity contribution is 5.69. The van der Waals surface area contributed by atoms with E-state index in [-0.39, 0.29) is 5.97 Å². The van der Waals surface area contributed by atoms with Gasteiger partial charge in [0.2, 0.25) is 0 Å². The van der Waals surface area contributed by atoms with E-state index in [9.17, 15) is 4.79 Å². The standard InChI is InChI=1S/C18H35O2/c1-3-5-7-9-11-13-15-17-20-18(19)16-14-12-10-8-6-4-2/h1,3-17H2,2H3. The molecule has 0 saturated heterocycles. The third kappa shape index (κ3) is 15.5. The molecule has 0 rings (SSSR count). The molecule has 0 amide bonds. The lowest BCUT2D eigenvalue weighted by atomic mass is 10.1. The molecule has 0 aliphatic carbocycles. The summed E-state index contributed by atoms with van der Waals surface area (Å²) in [6.45, 7) is 6.68. The highest BCUT2D eigenvalue weighted by Gasteiger charge is 2.02. The number of rotatable bonds is 15. The lowest BCUT2D eigenvalue weighted by molar-refractivity contribution is -0.143. The van der Waals surface area contributed by atoms with Crippen LogP contribution in [0.1, 0.15) is 96.8 Å². The molecule has 0 aromatic rings. The van der Waals surface area contributed by atoms with Crippen LogP contribution in [0.4, 0.5) is 0 Å². The van der Waals surface area contributed by atoms with Crippen LogP contribution in [0, 0.1) is 6.92 Å². The molecule has 0 aromatic heterocycles. The Hall–Kier alpha value is -0.530. The second-order valence-electron chi connectivity index (χ2n) is 5.71. The van der Waals surface area contributed by atoms with Crippen molar-refractivity contribution in [3.05, 3.63) is 6.92 Å². The molecule has 0 unspecified atom stereocenters. The number of unbranched alkanes of at least 4 members (excludes halogenated alkanes) is 11. The predicted octanol–water partition coefficient (Wildman–Crippen LogP) is 5.84. The number of hydrogen-bond acceptors (Lipinski definition) is 2. The molecule has 0 heterocycles. The van der Waals surface area contributed by atoms with Gasteiger partial charge in [0.1, 0.15) is 0 Å². The zero-order valence-corrected chi connectivity index (χ0v) is 13.6. The summed E-state index contributed by atoms with van der Waals surface area (Å²) in [6, 6.07) is 0. The Morgan fingerprint density at radius 3 is 2.00 bits per heavy atom. The summed E-state index contributed by atoms with van der Waals surface area (Å²) >= 11 is 0. The lowest BCUT2D eigenvalue weighted by Gasteiger charge is -2.05. The normalized spacial score (nSPS) is 10.7. The first kappa shape index (κ1) is 19.5. The van der Waals surface area contributed by atoms with Gasteiger partial charge in [0.05, 0.1) is 6.61 Å². The van der Waals surface area contributed by atoms with Gasteiger partial charge in [0, 0.05) is 6.42 Å². The fourth-order valence-electron chi connectivity index (χ4n) is 2.29. The van der Waals surface area contributed by atoms with Crippen molar-refractivity contribution in [3.63, 3.8) is 0 Å². The van der Waals surface area contributed by atoms with Crippen molar-refractivity contribution < 1.29 is 9.53 Å². The second-order valence-corrected chi connectivity index (χ2v) is 5.71. The van der Waals surface area contributed by atoms with Crippen molar-refractivity contribution >= 4 is 5.97 Å². The molecule has 2 nitrogen and oxygen atoms in total. The Labute approximate surface area is 126 Å². The van der Waals surface area contributed by atoms with Crippen molar-refractivity contribution in [2.45, 2.75) is 96.8 Å². The van der Waals surface area contributed by atoms with Crippen molar-refractivity contribution in [2.75, 3.05) is 6.61 Å². The van der Waals surface area contributed by atoms with E-state index in [1.54, 1.807) is 0 Å². The first-order valence-corrected chi connectivity index (χ1v) is 8.76. The van der Waals surface area contributed by atoms with Gasteiger partial charge in [-0.3, -0.25) is 4.79 Å². The molecule has 20 heavy (non-hydrogen) atoms. The molecule has 0 fully saturated rings. The molecule has 0 aromatic carbocycles. The minimum atomic E-state index is -0.00227. The van der Waals surface area contributed by atoms with E-state index in [2.05, 4.69) is 13.8 Å². The Balaban J connectivity index is 3.12. The van der Waals surface area contributed by atoms with Crippen LogP contribution in [-0.4, -0.2) is 12.6 Å². The molecular weight excluding hydrogens is 248 g/mol. The molecule has 119 valence electrons. The summed E-state index contributed by atoms with van der Waals surface area (Å²) in [5, 5.41) is 0. The maximum absolute atomic E-state index is 11.5. The van der Waals surface area contributed by atoms with Crippen LogP contribution in [0.15, 0.2) is 0 Å². The molecule has 0 aliphatic rings. The second kappa shape index (κ2) is 16.5. The van der Waals surface area contributed by atoms with Gasteiger partial charge in [0.15, 0.2) is 0 Å². The van der Waals surface area contributed by atoms with E-state index >= 15 is 0 Å². The van der Waals surface area contributed by atoms with Gasteiger partial charge in [-0.05, 0) is 12.8 Å². The predicted molar refractivity (Wildman–Crippen MR) is 86.6 cm³/mol. The van der Waals surface area contributed by atoms with Crippen molar-refractivity contribution in [1.29, 1.82) is 0 Å². The van der Waals surface area contributed by atoms with Crippen molar-refractivity contribution in [3.8, 4) is 0 Å². The number of hydrogen-bond donors (Lipinski definition) is 0. The fourth-order valence-corrected chi connectivity index (χ4v) is 2.29. The van der Waals surface area contributed by atoms with Gasteiger partial charge in [-0.15, -0.1) is 0 Å². The minimum absolute atomic E-state index is 0.00227. The van der Waals surface area contributed by atoms with E-state index < -0.39 is 0 Å². The summed E-state index contributed by atoms with van der Waals surface area (Å²) < 4.78 is 5.25. The van der Waals surface area contributed by atoms with E-state index in [1.807, 2.05) is 0 Å². The number of ether oxygens (including phenoxy) is 1. The maximum atomic E-state index is 11.5. The van der Waals surface area contributed by atoms with Crippen molar-refractivity contribution in [2.24, 2.45) is 0 Å². The highest BCUT2D eigenvalue weighted by Crippen LogP contribution is 2.09. The fraction of sp³-hybridized carbons (Fsp3) is 0.889. The van der Waals surface area contributed by atoms with Crippen LogP contribution < -0.4 is 0 Å². The van der Waals surface area contributed by atoms with Crippen LogP contribution in [0.2, 0.25) is 0 Å². The van der Waals surface area contributed by atoms with E-state index in [1.165, 1.54) is 64.2 Å². The van der Waals surface area contributed by atoms with Gasteiger partial charge >= 0.3 is 5.97 Å². The maximum Gasteiger partial charge on any atom is 0.305 e. The molecule has 0 atom stereocenters. The zero-order chi connectivity index (χ0) is 14.9. The lowest BCUT2D eigenvalue weighted by Crippen LogP contribution is -2.05. The minimum Gasteiger partial charge on any atom is -0.466 e. The summed E-state index contributed by atoms with van der Waals surface area (Å²) in [6.07, 6.45) is 16.3. The van der Waals surface area contributed by atoms with E-state index in [4.69, 9.17) is 4.74 Å². The zero-order valence-electron chi connectivity index (χ0n) is 13.6.